The van der Waals surface area contributed by atoms with Gasteiger partial charge in [0.25, 0.3) is 0 Å². The molecule has 5 heteroatoms. The first-order valence-corrected chi connectivity index (χ1v) is 9.22. The predicted molar refractivity (Wildman–Crippen MR) is 100 cm³/mol. The lowest BCUT2D eigenvalue weighted by Crippen LogP contribution is -2.44. The predicted octanol–water partition coefficient (Wildman–Crippen LogP) is 3.97. The second kappa shape index (κ2) is 8.56. The maximum Gasteiger partial charge on any atom is 0.407 e. The largest absolute Gasteiger partial charge is 0.497 e. The third-order valence-corrected chi connectivity index (χ3v) is 4.49. The summed E-state index contributed by atoms with van der Waals surface area (Å²) in [4.78, 5) is 12.0. The van der Waals surface area contributed by atoms with Crippen LogP contribution in [0.3, 0.4) is 0 Å². The molecular weight excluding hydrogens is 316 g/mol. The van der Waals surface area contributed by atoms with E-state index in [4.69, 9.17) is 9.47 Å². The Morgan fingerprint density at radius 3 is 2.76 bits per heavy atom. The fourth-order valence-electron chi connectivity index (χ4n) is 3.17. The van der Waals surface area contributed by atoms with Crippen molar-refractivity contribution in [1.82, 2.24) is 10.6 Å². The minimum Gasteiger partial charge on any atom is -0.497 e. The number of fused-ring (bicyclic) bond motifs is 1. The number of carbonyl (C=O) groups is 1. The summed E-state index contributed by atoms with van der Waals surface area (Å²) >= 11 is 0. The molecule has 0 aromatic heterocycles. The first-order valence-electron chi connectivity index (χ1n) is 9.22. The second-order valence-electron chi connectivity index (χ2n) is 7.67. The van der Waals surface area contributed by atoms with E-state index in [0.29, 0.717) is 6.04 Å². The van der Waals surface area contributed by atoms with Gasteiger partial charge < -0.3 is 20.1 Å². The Labute approximate surface area is 151 Å². The zero-order chi connectivity index (χ0) is 18.4. The lowest BCUT2D eigenvalue weighted by molar-refractivity contribution is 0.0501. The SMILES string of the molecule is CCC(CNC1CCCc2ccc(OC)cc21)NC(=O)OC(C)(C)C. The highest BCUT2D eigenvalue weighted by Gasteiger charge is 2.23. The molecular formula is C20H32N2O3. The molecule has 0 aliphatic heterocycles. The molecule has 2 rings (SSSR count). The van der Waals surface area contributed by atoms with Gasteiger partial charge in [-0.25, -0.2) is 4.79 Å². The van der Waals surface area contributed by atoms with Gasteiger partial charge in [0.05, 0.1) is 7.11 Å². The van der Waals surface area contributed by atoms with Gasteiger partial charge in [-0.2, -0.15) is 0 Å². The van der Waals surface area contributed by atoms with Crippen molar-refractivity contribution in [2.45, 2.75) is 71.1 Å². The first kappa shape index (κ1) is 19.6. The lowest BCUT2D eigenvalue weighted by atomic mass is 9.87. The molecule has 2 atom stereocenters. The molecule has 0 fully saturated rings. The molecule has 0 spiro atoms. The molecule has 25 heavy (non-hydrogen) atoms. The minimum absolute atomic E-state index is 0.0471. The van der Waals surface area contributed by atoms with E-state index in [1.54, 1.807) is 7.11 Å². The van der Waals surface area contributed by atoms with Crippen molar-refractivity contribution in [3.8, 4) is 5.75 Å². The van der Waals surface area contributed by atoms with Gasteiger partial charge in [-0.05, 0) is 69.7 Å². The normalized spacial score (nSPS) is 18.2. The van der Waals surface area contributed by atoms with Crippen molar-refractivity contribution >= 4 is 6.09 Å². The molecule has 0 heterocycles. The summed E-state index contributed by atoms with van der Waals surface area (Å²) in [7, 11) is 1.70. The van der Waals surface area contributed by atoms with Crippen molar-refractivity contribution in [2.75, 3.05) is 13.7 Å². The van der Waals surface area contributed by atoms with Gasteiger partial charge in [-0.1, -0.05) is 13.0 Å². The van der Waals surface area contributed by atoms with Crippen LogP contribution in [-0.4, -0.2) is 31.4 Å². The highest BCUT2D eigenvalue weighted by atomic mass is 16.6. The van der Waals surface area contributed by atoms with Gasteiger partial charge >= 0.3 is 6.09 Å². The van der Waals surface area contributed by atoms with Gasteiger partial charge in [0.15, 0.2) is 0 Å². The number of amides is 1. The number of carbonyl (C=O) groups excluding carboxylic acids is 1. The fourth-order valence-corrected chi connectivity index (χ4v) is 3.17. The van der Waals surface area contributed by atoms with E-state index in [-0.39, 0.29) is 12.1 Å². The highest BCUT2D eigenvalue weighted by Crippen LogP contribution is 2.32. The standard InChI is InChI=1S/C20H32N2O3/c1-6-15(22-19(23)25-20(2,3)4)13-21-18-9-7-8-14-10-11-16(24-5)12-17(14)18/h10-12,15,18,21H,6-9,13H2,1-5H3,(H,22,23). The van der Waals surface area contributed by atoms with E-state index in [0.717, 1.165) is 31.6 Å². The molecule has 1 aromatic carbocycles. The summed E-state index contributed by atoms with van der Waals surface area (Å²) in [6.07, 6.45) is 3.89. The van der Waals surface area contributed by atoms with Gasteiger partial charge in [-0.15, -0.1) is 0 Å². The topological polar surface area (TPSA) is 59.6 Å². The Kier molecular flexibility index (Phi) is 6.71. The number of benzene rings is 1. The van der Waals surface area contributed by atoms with Gasteiger partial charge in [0.2, 0.25) is 0 Å². The van der Waals surface area contributed by atoms with E-state index in [2.05, 4.69) is 29.7 Å². The number of alkyl carbamates (subject to hydrolysis) is 1. The van der Waals surface area contributed by atoms with Crippen LogP contribution in [0, 0.1) is 0 Å². The maximum absolute atomic E-state index is 12.0. The highest BCUT2D eigenvalue weighted by molar-refractivity contribution is 5.68. The van der Waals surface area contributed by atoms with Crippen LogP contribution in [0.2, 0.25) is 0 Å². The van der Waals surface area contributed by atoms with E-state index in [1.165, 1.54) is 17.5 Å². The maximum atomic E-state index is 12.0. The third-order valence-electron chi connectivity index (χ3n) is 4.49. The minimum atomic E-state index is -0.478. The average Bonchev–Trinajstić information content (AvgIpc) is 2.56. The average molecular weight is 348 g/mol. The van der Waals surface area contributed by atoms with Gasteiger partial charge in [0, 0.05) is 18.6 Å². The zero-order valence-corrected chi connectivity index (χ0v) is 16.1. The van der Waals surface area contributed by atoms with Crippen molar-refractivity contribution in [3.63, 3.8) is 0 Å². The van der Waals surface area contributed by atoms with Crippen LogP contribution >= 0.6 is 0 Å². The number of aryl methyl sites for hydroxylation is 1. The van der Waals surface area contributed by atoms with Crippen LogP contribution in [0.4, 0.5) is 4.79 Å². The van der Waals surface area contributed by atoms with Crippen LogP contribution in [-0.2, 0) is 11.2 Å². The van der Waals surface area contributed by atoms with Crippen LogP contribution in [0.1, 0.15) is 64.1 Å². The zero-order valence-electron chi connectivity index (χ0n) is 16.1. The smallest absolute Gasteiger partial charge is 0.407 e. The van der Waals surface area contributed by atoms with Crippen LogP contribution in [0.5, 0.6) is 5.75 Å². The fraction of sp³-hybridized carbons (Fsp3) is 0.650. The molecule has 5 nitrogen and oxygen atoms in total. The first-order chi connectivity index (χ1) is 11.8. The van der Waals surface area contributed by atoms with Crippen LogP contribution < -0.4 is 15.4 Å². The van der Waals surface area contributed by atoms with Crippen molar-refractivity contribution < 1.29 is 14.3 Å². The van der Waals surface area contributed by atoms with E-state index >= 15 is 0 Å². The van der Waals surface area contributed by atoms with E-state index in [9.17, 15) is 4.79 Å². The third kappa shape index (κ3) is 5.92. The summed E-state index contributed by atoms with van der Waals surface area (Å²) in [6.45, 7) is 8.41. The van der Waals surface area contributed by atoms with Crippen LogP contribution in [0.25, 0.3) is 0 Å². The molecule has 0 radical (unpaired) electrons. The molecule has 0 saturated carbocycles. The number of methoxy groups -OCH3 is 1. The van der Waals surface area contributed by atoms with Gasteiger partial charge in [0.1, 0.15) is 11.4 Å². The number of hydrogen-bond acceptors (Lipinski definition) is 4. The monoisotopic (exact) mass is 348 g/mol. The molecule has 1 amide bonds. The van der Waals surface area contributed by atoms with Gasteiger partial charge in [-0.3, -0.25) is 0 Å². The number of nitrogens with one attached hydrogen (secondary N) is 2. The summed E-state index contributed by atoms with van der Waals surface area (Å²) in [5, 5.41) is 6.58. The Hall–Kier alpha value is -1.75. The molecule has 1 aliphatic rings. The van der Waals surface area contributed by atoms with Crippen molar-refractivity contribution in [2.24, 2.45) is 0 Å². The molecule has 0 bridgehead atoms. The Balaban J connectivity index is 1.95. The quantitative estimate of drug-likeness (QED) is 0.817. The van der Waals surface area contributed by atoms with Crippen molar-refractivity contribution in [1.29, 1.82) is 0 Å². The molecule has 2 N–H and O–H groups in total. The number of hydrogen-bond donors (Lipinski definition) is 2. The Morgan fingerprint density at radius 2 is 2.12 bits per heavy atom. The van der Waals surface area contributed by atoms with Crippen LogP contribution in [0.15, 0.2) is 18.2 Å². The Morgan fingerprint density at radius 1 is 1.36 bits per heavy atom. The summed E-state index contributed by atoms with van der Waals surface area (Å²) in [5.74, 6) is 0.895. The number of rotatable bonds is 6. The van der Waals surface area contributed by atoms with Crippen molar-refractivity contribution in [3.05, 3.63) is 29.3 Å². The molecule has 2 unspecified atom stereocenters. The van der Waals surface area contributed by atoms with E-state index in [1.807, 2.05) is 26.8 Å². The summed E-state index contributed by atoms with van der Waals surface area (Å²) < 4.78 is 10.7. The molecule has 1 aliphatic carbocycles. The second-order valence-corrected chi connectivity index (χ2v) is 7.67. The van der Waals surface area contributed by atoms with E-state index < -0.39 is 5.60 Å². The number of ether oxygens (including phenoxy) is 2. The summed E-state index contributed by atoms with van der Waals surface area (Å²) in [6, 6.07) is 6.67. The molecule has 140 valence electrons. The Bertz CT molecular complexity index is 581. The molecule has 1 aromatic rings. The summed E-state index contributed by atoms with van der Waals surface area (Å²) in [5.41, 5.74) is 2.23. The lowest BCUT2D eigenvalue weighted by Gasteiger charge is -2.29. The molecule has 0 saturated heterocycles.